The number of benzene rings is 2. The monoisotopic (exact) mass is 241 g/mol. The minimum Gasteiger partial charge on any atom is -0.492 e. The van der Waals surface area contributed by atoms with Crippen LogP contribution in [0.25, 0.3) is 0 Å². The Morgan fingerprint density at radius 1 is 1.11 bits per heavy atom. The lowest BCUT2D eigenvalue weighted by Crippen LogP contribution is -2.03. The molecule has 3 heteroatoms. The zero-order chi connectivity index (χ0) is 13.0. The van der Waals surface area contributed by atoms with Gasteiger partial charge in [0.15, 0.2) is 5.78 Å². The Bertz CT molecular complexity index is 550. The van der Waals surface area contributed by atoms with Crippen LogP contribution in [0.1, 0.15) is 22.8 Å². The van der Waals surface area contributed by atoms with Crippen LogP contribution in [0.3, 0.4) is 0 Å². The summed E-state index contributed by atoms with van der Waals surface area (Å²) in [7, 11) is 0. The van der Waals surface area contributed by atoms with E-state index in [2.05, 4.69) is 0 Å². The molecular formula is C15H15NO2. The third-order valence-corrected chi connectivity index (χ3v) is 2.61. The van der Waals surface area contributed by atoms with Crippen molar-refractivity contribution in [1.29, 1.82) is 0 Å². The van der Waals surface area contributed by atoms with E-state index in [1.807, 2.05) is 25.1 Å². The SMILES string of the molecule is CCOc1ccc(C(=O)c2ccccc2)cc1N. The van der Waals surface area contributed by atoms with Gasteiger partial charge in [0.1, 0.15) is 5.75 Å². The van der Waals surface area contributed by atoms with Gasteiger partial charge in [0.2, 0.25) is 0 Å². The molecule has 18 heavy (non-hydrogen) atoms. The highest BCUT2D eigenvalue weighted by Crippen LogP contribution is 2.23. The van der Waals surface area contributed by atoms with E-state index in [-0.39, 0.29) is 5.78 Å². The predicted molar refractivity (Wildman–Crippen MR) is 71.9 cm³/mol. The Morgan fingerprint density at radius 2 is 1.83 bits per heavy atom. The van der Waals surface area contributed by atoms with Gasteiger partial charge in [-0.2, -0.15) is 0 Å². The van der Waals surface area contributed by atoms with E-state index < -0.39 is 0 Å². The van der Waals surface area contributed by atoms with Gasteiger partial charge in [0, 0.05) is 11.1 Å². The Balaban J connectivity index is 2.30. The summed E-state index contributed by atoms with van der Waals surface area (Å²) in [4.78, 5) is 12.2. The smallest absolute Gasteiger partial charge is 0.193 e. The largest absolute Gasteiger partial charge is 0.492 e. The summed E-state index contributed by atoms with van der Waals surface area (Å²) in [6, 6.07) is 14.2. The molecule has 0 radical (unpaired) electrons. The van der Waals surface area contributed by atoms with Crippen molar-refractivity contribution in [1.82, 2.24) is 0 Å². The maximum Gasteiger partial charge on any atom is 0.193 e. The van der Waals surface area contributed by atoms with Gasteiger partial charge in [-0.25, -0.2) is 0 Å². The van der Waals surface area contributed by atoms with Crippen LogP contribution in [0.2, 0.25) is 0 Å². The summed E-state index contributed by atoms with van der Waals surface area (Å²) < 4.78 is 5.34. The molecule has 3 nitrogen and oxygen atoms in total. The average molecular weight is 241 g/mol. The van der Waals surface area contributed by atoms with Gasteiger partial charge in [0.25, 0.3) is 0 Å². The Kier molecular flexibility index (Phi) is 3.63. The highest BCUT2D eigenvalue weighted by Gasteiger charge is 2.10. The summed E-state index contributed by atoms with van der Waals surface area (Å²) in [6.07, 6.45) is 0. The molecule has 2 rings (SSSR count). The number of nitrogen functional groups attached to an aromatic ring is 1. The third-order valence-electron chi connectivity index (χ3n) is 2.61. The summed E-state index contributed by atoms with van der Waals surface area (Å²) in [5.41, 5.74) is 7.56. The molecule has 0 saturated heterocycles. The number of carbonyl (C=O) groups excluding carboxylic acids is 1. The van der Waals surface area contributed by atoms with Gasteiger partial charge >= 0.3 is 0 Å². The van der Waals surface area contributed by atoms with Gasteiger partial charge in [-0.15, -0.1) is 0 Å². The van der Waals surface area contributed by atoms with Gasteiger partial charge in [-0.1, -0.05) is 30.3 Å². The molecule has 0 spiro atoms. The van der Waals surface area contributed by atoms with Crippen LogP contribution in [-0.2, 0) is 0 Å². The van der Waals surface area contributed by atoms with Crippen LogP contribution >= 0.6 is 0 Å². The zero-order valence-electron chi connectivity index (χ0n) is 10.2. The molecule has 0 fully saturated rings. The summed E-state index contributed by atoms with van der Waals surface area (Å²) >= 11 is 0. The summed E-state index contributed by atoms with van der Waals surface area (Å²) in [5.74, 6) is 0.576. The van der Waals surface area contributed by atoms with Gasteiger partial charge in [0.05, 0.1) is 12.3 Å². The van der Waals surface area contributed by atoms with E-state index >= 15 is 0 Å². The lowest BCUT2D eigenvalue weighted by atomic mass is 10.0. The molecule has 0 heterocycles. The van der Waals surface area contributed by atoms with E-state index in [4.69, 9.17) is 10.5 Å². The normalized spacial score (nSPS) is 10.1. The van der Waals surface area contributed by atoms with Crippen molar-refractivity contribution >= 4 is 11.5 Å². The van der Waals surface area contributed by atoms with E-state index in [1.54, 1.807) is 30.3 Å². The van der Waals surface area contributed by atoms with Crippen LogP contribution in [0, 0.1) is 0 Å². The number of rotatable bonds is 4. The van der Waals surface area contributed by atoms with Gasteiger partial charge in [-0.05, 0) is 25.1 Å². The average Bonchev–Trinajstić information content (AvgIpc) is 2.41. The molecule has 0 amide bonds. The molecule has 2 N–H and O–H groups in total. The minimum atomic E-state index is -0.0367. The molecule has 0 unspecified atom stereocenters. The van der Waals surface area contributed by atoms with E-state index in [9.17, 15) is 4.79 Å². The number of hydrogen-bond acceptors (Lipinski definition) is 3. The Hall–Kier alpha value is -2.29. The third kappa shape index (κ3) is 2.51. The minimum absolute atomic E-state index is 0.0367. The zero-order valence-corrected chi connectivity index (χ0v) is 10.2. The Morgan fingerprint density at radius 3 is 2.44 bits per heavy atom. The van der Waals surface area contributed by atoms with Crippen molar-refractivity contribution in [3.63, 3.8) is 0 Å². The molecular weight excluding hydrogens is 226 g/mol. The summed E-state index contributed by atoms with van der Waals surface area (Å²) in [6.45, 7) is 2.44. The fourth-order valence-corrected chi connectivity index (χ4v) is 1.73. The summed E-state index contributed by atoms with van der Waals surface area (Å²) in [5, 5.41) is 0. The van der Waals surface area contributed by atoms with Crippen molar-refractivity contribution in [2.24, 2.45) is 0 Å². The molecule has 0 aliphatic carbocycles. The number of carbonyl (C=O) groups is 1. The van der Waals surface area contributed by atoms with Gasteiger partial charge in [-0.3, -0.25) is 4.79 Å². The first kappa shape index (κ1) is 12.2. The predicted octanol–water partition coefficient (Wildman–Crippen LogP) is 2.90. The highest BCUT2D eigenvalue weighted by atomic mass is 16.5. The molecule has 2 aromatic carbocycles. The first-order valence-electron chi connectivity index (χ1n) is 5.84. The number of ether oxygens (including phenoxy) is 1. The first-order valence-corrected chi connectivity index (χ1v) is 5.84. The molecule has 0 bridgehead atoms. The van der Waals surface area contributed by atoms with Crippen molar-refractivity contribution in [2.75, 3.05) is 12.3 Å². The number of ketones is 1. The second kappa shape index (κ2) is 5.36. The lowest BCUT2D eigenvalue weighted by Gasteiger charge is -2.08. The van der Waals surface area contributed by atoms with Crippen LogP contribution in [0.5, 0.6) is 5.75 Å². The van der Waals surface area contributed by atoms with Crippen molar-refractivity contribution in [3.05, 3.63) is 59.7 Å². The number of hydrogen-bond donors (Lipinski definition) is 1. The first-order chi connectivity index (χ1) is 8.72. The van der Waals surface area contributed by atoms with Crippen molar-refractivity contribution < 1.29 is 9.53 Å². The lowest BCUT2D eigenvalue weighted by molar-refractivity contribution is 0.103. The van der Waals surface area contributed by atoms with Crippen LogP contribution in [-0.4, -0.2) is 12.4 Å². The van der Waals surface area contributed by atoms with Crippen LogP contribution in [0.4, 0.5) is 5.69 Å². The van der Waals surface area contributed by atoms with E-state index in [0.29, 0.717) is 29.2 Å². The second-order valence-corrected chi connectivity index (χ2v) is 3.88. The maximum absolute atomic E-state index is 12.2. The van der Waals surface area contributed by atoms with E-state index in [1.165, 1.54) is 0 Å². The number of anilines is 1. The molecule has 0 saturated carbocycles. The standard InChI is InChI=1S/C15H15NO2/c1-2-18-14-9-8-12(10-13(14)16)15(17)11-6-4-3-5-7-11/h3-10H,2,16H2,1H3. The Labute approximate surface area is 106 Å². The second-order valence-electron chi connectivity index (χ2n) is 3.88. The van der Waals surface area contributed by atoms with Crippen molar-refractivity contribution in [2.45, 2.75) is 6.92 Å². The molecule has 0 atom stereocenters. The highest BCUT2D eigenvalue weighted by molar-refractivity contribution is 6.09. The fourth-order valence-electron chi connectivity index (χ4n) is 1.73. The fraction of sp³-hybridized carbons (Fsp3) is 0.133. The number of nitrogens with two attached hydrogens (primary N) is 1. The maximum atomic E-state index is 12.2. The van der Waals surface area contributed by atoms with E-state index in [0.717, 1.165) is 0 Å². The topological polar surface area (TPSA) is 52.3 Å². The molecule has 0 aliphatic heterocycles. The molecule has 2 aromatic rings. The van der Waals surface area contributed by atoms with Crippen LogP contribution in [0.15, 0.2) is 48.5 Å². The molecule has 0 aromatic heterocycles. The molecule has 92 valence electrons. The quantitative estimate of drug-likeness (QED) is 0.661. The van der Waals surface area contributed by atoms with Crippen molar-refractivity contribution in [3.8, 4) is 5.75 Å². The molecule has 0 aliphatic rings. The van der Waals surface area contributed by atoms with Gasteiger partial charge < -0.3 is 10.5 Å². The van der Waals surface area contributed by atoms with Crippen LogP contribution < -0.4 is 10.5 Å².